The fraction of sp³-hybridized carbons (Fsp3) is 0.133. The Morgan fingerprint density at radius 3 is 2.67 bits per heavy atom. The molecule has 0 unspecified atom stereocenters. The molecule has 1 amide bonds. The molecule has 0 radical (unpaired) electrons. The van der Waals surface area contributed by atoms with Crippen molar-refractivity contribution >= 4 is 5.91 Å². The van der Waals surface area contributed by atoms with E-state index in [2.05, 4.69) is 5.32 Å². The highest BCUT2D eigenvalue weighted by atomic mass is 16.5. The van der Waals surface area contributed by atoms with E-state index in [-0.39, 0.29) is 23.6 Å². The van der Waals surface area contributed by atoms with Gasteiger partial charge >= 0.3 is 0 Å². The van der Waals surface area contributed by atoms with Gasteiger partial charge < -0.3 is 25.4 Å². The van der Waals surface area contributed by atoms with Gasteiger partial charge in [-0.25, -0.2) is 0 Å². The lowest BCUT2D eigenvalue weighted by molar-refractivity contribution is 0.0947. The molecule has 0 aliphatic carbocycles. The number of nitrogens with one attached hydrogen (secondary N) is 1. The van der Waals surface area contributed by atoms with E-state index in [4.69, 9.17) is 4.74 Å². The van der Waals surface area contributed by atoms with Crippen molar-refractivity contribution in [2.24, 2.45) is 0 Å². The second-order valence-electron chi connectivity index (χ2n) is 4.40. The smallest absolute Gasteiger partial charge is 0.255 e. The second-order valence-corrected chi connectivity index (χ2v) is 4.40. The third-order valence-electron chi connectivity index (χ3n) is 2.90. The van der Waals surface area contributed by atoms with Gasteiger partial charge in [-0.1, -0.05) is 6.07 Å². The zero-order chi connectivity index (χ0) is 15.4. The number of carbonyl (C=O) groups excluding carboxylic acids is 1. The van der Waals surface area contributed by atoms with Gasteiger partial charge in [0, 0.05) is 12.6 Å². The minimum Gasteiger partial charge on any atom is -0.508 e. The molecule has 0 spiro atoms. The Kier molecular flexibility index (Phi) is 4.18. The fourth-order valence-corrected chi connectivity index (χ4v) is 1.86. The molecule has 2 rings (SSSR count). The maximum absolute atomic E-state index is 12.0. The van der Waals surface area contributed by atoms with Crippen LogP contribution in [0.25, 0.3) is 0 Å². The molecule has 6 nitrogen and oxygen atoms in total. The van der Waals surface area contributed by atoms with E-state index in [1.807, 2.05) is 0 Å². The molecule has 0 fully saturated rings. The number of phenolic OH excluding ortho intramolecular Hbond substituents is 3. The monoisotopic (exact) mass is 289 g/mol. The Balaban J connectivity index is 2.11. The molecule has 0 saturated heterocycles. The summed E-state index contributed by atoms with van der Waals surface area (Å²) in [5.74, 6) is -0.867. The molecule has 6 heteroatoms. The van der Waals surface area contributed by atoms with Crippen molar-refractivity contribution in [1.29, 1.82) is 0 Å². The third kappa shape index (κ3) is 3.36. The number of methoxy groups -OCH3 is 1. The van der Waals surface area contributed by atoms with Crippen LogP contribution in [0.4, 0.5) is 0 Å². The van der Waals surface area contributed by atoms with Crippen LogP contribution in [-0.2, 0) is 6.54 Å². The highest BCUT2D eigenvalue weighted by Crippen LogP contribution is 2.28. The van der Waals surface area contributed by atoms with E-state index in [0.717, 1.165) is 0 Å². The lowest BCUT2D eigenvalue weighted by Crippen LogP contribution is -2.22. The van der Waals surface area contributed by atoms with Gasteiger partial charge in [0.2, 0.25) is 0 Å². The minimum absolute atomic E-state index is 0.0258. The SMILES string of the molecule is COc1cc(O)cc(CNC(=O)c2cccc(O)c2O)c1. The maximum Gasteiger partial charge on any atom is 0.255 e. The largest absolute Gasteiger partial charge is 0.508 e. The lowest BCUT2D eigenvalue weighted by atomic mass is 10.1. The van der Waals surface area contributed by atoms with Crippen LogP contribution in [0.5, 0.6) is 23.0 Å². The van der Waals surface area contributed by atoms with Gasteiger partial charge in [0.25, 0.3) is 5.91 Å². The summed E-state index contributed by atoms with van der Waals surface area (Å²) in [6, 6.07) is 8.75. The summed E-state index contributed by atoms with van der Waals surface area (Å²) in [5.41, 5.74) is 0.613. The van der Waals surface area contributed by atoms with Crippen LogP contribution in [0.15, 0.2) is 36.4 Å². The van der Waals surface area contributed by atoms with Crippen LogP contribution in [0.2, 0.25) is 0 Å². The summed E-state index contributed by atoms with van der Waals surface area (Å²) in [5, 5.41) is 31.1. The fourth-order valence-electron chi connectivity index (χ4n) is 1.86. The summed E-state index contributed by atoms with van der Waals surface area (Å²) in [4.78, 5) is 12.0. The van der Waals surface area contributed by atoms with Gasteiger partial charge in [-0.2, -0.15) is 0 Å². The van der Waals surface area contributed by atoms with Gasteiger partial charge in [0.1, 0.15) is 11.5 Å². The zero-order valence-electron chi connectivity index (χ0n) is 11.3. The number of rotatable bonds is 4. The van der Waals surface area contributed by atoms with Crippen molar-refractivity contribution in [2.45, 2.75) is 6.54 Å². The first-order valence-corrected chi connectivity index (χ1v) is 6.17. The Labute approximate surface area is 121 Å². The summed E-state index contributed by atoms with van der Waals surface area (Å²) >= 11 is 0. The van der Waals surface area contributed by atoms with Crippen LogP contribution >= 0.6 is 0 Å². The van der Waals surface area contributed by atoms with Crippen molar-refractivity contribution in [3.8, 4) is 23.0 Å². The number of hydrogen-bond acceptors (Lipinski definition) is 5. The highest BCUT2D eigenvalue weighted by Gasteiger charge is 2.13. The van der Waals surface area contributed by atoms with Gasteiger partial charge in [-0.05, 0) is 29.8 Å². The number of phenols is 3. The van der Waals surface area contributed by atoms with Crippen molar-refractivity contribution < 1.29 is 24.9 Å². The molecule has 110 valence electrons. The standard InChI is InChI=1S/C15H15NO5/c1-21-11-6-9(5-10(17)7-11)8-16-15(20)12-3-2-4-13(18)14(12)19/h2-7,17-19H,8H2,1H3,(H,16,20). The van der Waals surface area contributed by atoms with Crippen LogP contribution in [0.3, 0.4) is 0 Å². The molecule has 0 bridgehead atoms. The van der Waals surface area contributed by atoms with Crippen molar-refractivity contribution in [1.82, 2.24) is 5.32 Å². The number of aromatic hydroxyl groups is 3. The lowest BCUT2D eigenvalue weighted by Gasteiger charge is -2.09. The number of benzene rings is 2. The molecule has 0 aliphatic rings. The number of hydrogen-bond donors (Lipinski definition) is 4. The molecular formula is C15H15NO5. The second kappa shape index (κ2) is 6.04. The van der Waals surface area contributed by atoms with Gasteiger partial charge in [0.15, 0.2) is 11.5 Å². The van der Waals surface area contributed by atoms with Crippen molar-refractivity contribution in [2.75, 3.05) is 7.11 Å². The quantitative estimate of drug-likeness (QED) is 0.643. The van der Waals surface area contributed by atoms with Crippen LogP contribution < -0.4 is 10.1 Å². The maximum atomic E-state index is 12.0. The molecule has 0 heterocycles. The Bertz CT molecular complexity index is 669. The minimum atomic E-state index is -0.536. The molecule has 2 aromatic carbocycles. The summed E-state index contributed by atoms with van der Waals surface area (Å²) < 4.78 is 5.02. The number of amides is 1. The predicted molar refractivity (Wildman–Crippen MR) is 75.6 cm³/mol. The highest BCUT2D eigenvalue weighted by molar-refractivity contribution is 5.97. The zero-order valence-corrected chi connectivity index (χ0v) is 11.3. The molecule has 0 atom stereocenters. The molecule has 0 aromatic heterocycles. The molecule has 21 heavy (non-hydrogen) atoms. The van der Waals surface area contributed by atoms with Gasteiger partial charge in [-0.3, -0.25) is 4.79 Å². The first-order chi connectivity index (χ1) is 10.0. The van der Waals surface area contributed by atoms with E-state index >= 15 is 0 Å². The Morgan fingerprint density at radius 2 is 1.95 bits per heavy atom. The summed E-state index contributed by atoms with van der Waals surface area (Å²) in [6.45, 7) is 0.138. The molecule has 2 aromatic rings. The number of ether oxygens (including phenoxy) is 1. The van der Waals surface area contributed by atoms with Gasteiger partial charge in [-0.15, -0.1) is 0 Å². The average molecular weight is 289 g/mol. The molecule has 0 saturated carbocycles. The Hall–Kier alpha value is -2.89. The van der Waals surface area contributed by atoms with Crippen molar-refractivity contribution in [3.05, 3.63) is 47.5 Å². The average Bonchev–Trinajstić information content (AvgIpc) is 2.47. The van der Waals surface area contributed by atoms with Crippen molar-refractivity contribution in [3.63, 3.8) is 0 Å². The Morgan fingerprint density at radius 1 is 1.19 bits per heavy atom. The van der Waals surface area contributed by atoms with E-state index in [0.29, 0.717) is 11.3 Å². The molecule has 4 N–H and O–H groups in total. The first kappa shape index (κ1) is 14.5. The first-order valence-electron chi connectivity index (χ1n) is 6.17. The molecular weight excluding hydrogens is 274 g/mol. The van der Waals surface area contributed by atoms with Crippen LogP contribution in [0.1, 0.15) is 15.9 Å². The van der Waals surface area contributed by atoms with E-state index < -0.39 is 11.7 Å². The number of para-hydroxylation sites is 1. The van der Waals surface area contributed by atoms with E-state index in [1.54, 1.807) is 6.07 Å². The molecule has 0 aliphatic heterocycles. The van der Waals surface area contributed by atoms with Crippen LogP contribution in [-0.4, -0.2) is 28.3 Å². The third-order valence-corrected chi connectivity index (χ3v) is 2.90. The normalized spacial score (nSPS) is 10.1. The summed E-state index contributed by atoms with van der Waals surface area (Å²) in [7, 11) is 1.47. The van der Waals surface area contributed by atoms with E-state index in [1.165, 1.54) is 37.4 Å². The van der Waals surface area contributed by atoms with E-state index in [9.17, 15) is 20.1 Å². The number of carbonyl (C=O) groups is 1. The van der Waals surface area contributed by atoms with Gasteiger partial charge in [0.05, 0.1) is 12.7 Å². The van der Waals surface area contributed by atoms with Crippen LogP contribution in [0, 0.1) is 0 Å². The predicted octanol–water partition coefficient (Wildman–Crippen LogP) is 1.74. The summed E-state index contributed by atoms with van der Waals surface area (Å²) in [6.07, 6.45) is 0. The topological polar surface area (TPSA) is 99.0 Å².